The van der Waals surface area contributed by atoms with Crippen LogP contribution in [0.15, 0.2) is 33.1 Å². The highest BCUT2D eigenvalue weighted by atomic mass is 32.2. The van der Waals surface area contributed by atoms with Crippen molar-refractivity contribution in [2.45, 2.75) is 9.79 Å². The van der Waals surface area contributed by atoms with Gasteiger partial charge in [-0.2, -0.15) is 5.26 Å². The summed E-state index contributed by atoms with van der Waals surface area (Å²) in [5.41, 5.74) is 0.479. The molecule has 0 atom stereocenters. The van der Waals surface area contributed by atoms with E-state index in [1.54, 1.807) is 38.5 Å². The number of nitriles is 1. The zero-order chi connectivity index (χ0) is 12.7. The van der Waals surface area contributed by atoms with E-state index in [9.17, 15) is 0 Å². The van der Waals surface area contributed by atoms with E-state index in [4.69, 9.17) is 18.8 Å². The first kappa shape index (κ1) is 13.9. The van der Waals surface area contributed by atoms with Crippen LogP contribution in [0.1, 0.15) is 5.56 Å². The molecule has 0 heterocycles. The quantitative estimate of drug-likeness (QED) is 0.384. The van der Waals surface area contributed by atoms with Gasteiger partial charge in [0.2, 0.25) is 0 Å². The molecule has 0 aliphatic carbocycles. The highest BCUT2D eigenvalue weighted by Gasteiger charge is 2.10. The van der Waals surface area contributed by atoms with Crippen LogP contribution in [0.2, 0.25) is 0 Å². The molecule has 17 heavy (non-hydrogen) atoms. The Labute approximate surface area is 108 Å². The molecule has 7 heteroatoms. The average Bonchev–Trinajstić information content (AvgIpc) is 2.34. The van der Waals surface area contributed by atoms with Gasteiger partial charge in [-0.05, 0) is 12.1 Å². The maximum atomic E-state index is 8.76. The lowest BCUT2D eigenvalue weighted by Crippen LogP contribution is -1.97. The third-order valence-electron chi connectivity index (χ3n) is 1.77. The van der Waals surface area contributed by atoms with Crippen LogP contribution in [0, 0.1) is 11.3 Å². The van der Waals surface area contributed by atoms with Crippen molar-refractivity contribution >= 4 is 29.8 Å². The number of hydrogen-bond acceptors (Lipinski definition) is 7. The maximum absolute atomic E-state index is 8.76. The Morgan fingerprint density at radius 1 is 1.29 bits per heavy atom. The molecule has 0 saturated heterocycles. The average molecular weight is 270 g/mol. The molecule has 1 rings (SSSR count). The molecular weight excluding hydrogens is 260 g/mol. The van der Waals surface area contributed by atoms with Crippen LogP contribution in [0.5, 0.6) is 0 Å². The highest BCUT2D eigenvalue weighted by Crippen LogP contribution is 2.32. The molecule has 0 saturated carbocycles. The van der Waals surface area contributed by atoms with Crippen LogP contribution < -0.4 is 0 Å². The predicted octanol–water partition coefficient (Wildman–Crippen LogP) is 2.70. The standard InChI is InChI=1S/C10H10N2O3S2/c1-14-16-9-4-3-7(8(6-11)12-13)5-10(9)17-15-2/h3-5,13H,1-2H3. The molecule has 1 aromatic rings. The third kappa shape index (κ3) is 3.64. The third-order valence-corrected chi connectivity index (χ3v) is 3.28. The molecule has 0 aliphatic rings. The molecule has 0 spiro atoms. The first-order chi connectivity index (χ1) is 8.26. The predicted molar refractivity (Wildman–Crippen MR) is 66.1 cm³/mol. The SMILES string of the molecule is COSc1ccc(C(C#N)=NO)cc1SOC. The lowest BCUT2D eigenvalue weighted by molar-refractivity contribution is 0.320. The molecule has 0 aromatic heterocycles. The molecule has 5 nitrogen and oxygen atoms in total. The second-order valence-electron chi connectivity index (χ2n) is 2.72. The van der Waals surface area contributed by atoms with Crippen molar-refractivity contribution in [1.29, 1.82) is 5.26 Å². The fourth-order valence-corrected chi connectivity index (χ4v) is 2.27. The van der Waals surface area contributed by atoms with E-state index in [2.05, 4.69) is 5.16 Å². The fraction of sp³-hybridized carbons (Fsp3) is 0.200. The molecule has 0 amide bonds. The second kappa shape index (κ2) is 7.19. The summed E-state index contributed by atoms with van der Waals surface area (Å²) in [5, 5.41) is 20.4. The van der Waals surface area contributed by atoms with E-state index in [1.165, 1.54) is 12.0 Å². The summed E-state index contributed by atoms with van der Waals surface area (Å²) in [6.07, 6.45) is 0. The monoisotopic (exact) mass is 270 g/mol. The number of hydrogen-bond donors (Lipinski definition) is 1. The number of benzene rings is 1. The molecule has 0 fully saturated rings. The first-order valence-corrected chi connectivity index (χ1v) is 5.93. The zero-order valence-electron chi connectivity index (χ0n) is 9.21. The van der Waals surface area contributed by atoms with E-state index in [-0.39, 0.29) is 5.71 Å². The Morgan fingerprint density at radius 2 is 1.94 bits per heavy atom. The Morgan fingerprint density at radius 3 is 2.47 bits per heavy atom. The number of rotatable bonds is 5. The topological polar surface area (TPSA) is 74.8 Å². The van der Waals surface area contributed by atoms with Crippen LogP contribution in [0.4, 0.5) is 0 Å². The Balaban J connectivity index is 3.13. The van der Waals surface area contributed by atoms with Gasteiger partial charge in [0.15, 0.2) is 5.71 Å². The summed E-state index contributed by atoms with van der Waals surface area (Å²) in [7, 11) is 3.11. The van der Waals surface area contributed by atoms with E-state index < -0.39 is 0 Å². The Bertz CT molecular complexity index is 457. The largest absolute Gasteiger partial charge is 0.410 e. The van der Waals surface area contributed by atoms with Gasteiger partial charge in [0.1, 0.15) is 6.07 Å². The maximum Gasteiger partial charge on any atom is 0.186 e. The van der Waals surface area contributed by atoms with Gasteiger partial charge in [-0.1, -0.05) is 11.2 Å². The van der Waals surface area contributed by atoms with E-state index >= 15 is 0 Å². The van der Waals surface area contributed by atoms with Gasteiger partial charge in [-0.15, -0.1) is 0 Å². The Hall–Kier alpha value is -1.20. The van der Waals surface area contributed by atoms with Crippen LogP contribution in [-0.4, -0.2) is 25.1 Å². The number of oxime groups is 1. The molecule has 0 radical (unpaired) electrons. The van der Waals surface area contributed by atoms with Crippen molar-refractivity contribution in [2.75, 3.05) is 14.2 Å². The zero-order valence-corrected chi connectivity index (χ0v) is 10.8. The minimum Gasteiger partial charge on any atom is -0.410 e. The molecule has 1 aromatic carbocycles. The van der Waals surface area contributed by atoms with Crippen LogP contribution in [0.3, 0.4) is 0 Å². The van der Waals surface area contributed by atoms with Gasteiger partial charge in [0.25, 0.3) is 0 Å². The molecule has 0 unspecified atom stereocenters. The van der Waals surface area contributed by atoms with Gasteiger partial charge in [-0.25, -0.2) is 0 Å². The van der Waals surface area contributed by atoms with Gasteiger partial charge in [0.05, 0.1) is 24.0 Å². The lowest BCUT2D eigenvalue weighted by Gasteiger charge is -2.07. The molecular formula is C10H10N2O3S2. The van der Waals surface area contributed by atoms with Crippen LogP contribution in [-0.2, 0) is 8.37 Å². The normalized spacial score (nSPS) is 11.2. The fourth-order valence-electron chi connectivity index (χ4n) is 1.11. The second-order valence-corrected chi connectivity index (χ2v) is 4.60. The smallest absolute Gasteiger partial charge is 0.186 e. The van der Waals surface area contributed by atoms with Gasteiger partial charge in [0, 0.05) is 29.6 Å². The summed E-state index contributed by atoms with van der Waals surface area (Å²) in [4.78, 5) is 1.64. The molecule has 0 bridgehead atoms. The molecule has 0 aliphatic heterocycles. The lowest BCUT2D eigenvalue weighted by atomic mass is 10.1. The minimum absolute atomic E-state index is 0.0445. The summed E-state index contributed by atoms with van der Waals surface area (Å²) < 4.78 is 9.95. The minimum atomic E-state index is -0.0445. The number of nitrogens with zero attached hydrogens (tertiary/aromatic N) is 2. The first-order valence-electron chi connectivity index (χ1n) is 4.44. The van der Waals surface area contributed by atoms with Crippen molar-refractivity contribution in [3.8, 4) is 6.07 Å². The van der Waals surface area contributed by atoms with Gasteiger partial charge in [-0.3, -0.25) is 0 Å². The van der Waals surface area contributed by atoms with E-state index in [0.717, 1.165) is 21.8 Å². The van der Waals surface area contributed by atoms with Crippen LogP contribution >= 0.6 is 24.1 Å². The van der Waals surface area contributed by atoms with Crippen molar-refractivity contribution in [3.63, 3.8) is 0 Å². The highest BCUT2D eigenvalue weighted by molar-refractivity contribution is 7.97. The van der Waals surface area contributed by atoms with Crippen molar-refractivity contribution in [2.24, 2.45) is 5.16 Å². The molecule has 1 N–H and O–H groups in total. The summed E-state index contributed by atoms with van der Waals surface area (Å²) >= 11 is 2.34. The van der Waals surface area contributed by atoms with Crippen molar-refractivity contribution in [3.05, 3.63) is 23.8 Å². The summed E-state index contributed by atoms with van der Waals surface area (Å²) in [6.45, 7) is 0. The summed E-state index contributed by atoms with van der Waals surface area (Å²) in [5.74, 6) is 0. The van der Waals surface area contributed by atoms with Crippen molar-refractivity contribution in [1.82, 2.24) is 0 Å². The summed E-state index contributed by atoms with van der Waals surface area (Å²) in [6, 6.07) is 6.95. The Kier molecular flexibility index (Phi) is 5.86. The van der Waals surface area contributed by atoms with Crippen molar-refractivity contribution < 1.29 is 13.6 Å². The van der Waals surface area contributed by atoms with Gasteiger partial charge < -0.3 is 13.6 Å². The van der Waals surface area contributed by atoms with Crippen LogP contribution in [0.25, 0.3) is 0 Å². The van der Waals surface area contributed by atoms with E-state index in [1.807, 2.05) is 0 Å². The molecule has 90 valence electrons. The van der Waals surface area contributed by atoms with Gasteiger partial charge >= 0.3 is 0 Å². The van der Waals surface area contributed by atoms with E-state index in [0.29, 0.717) is 5.56 Å².